The molecule has 0 radical (unpaired) electrons. The molecule has 0 aromatic heterocycles. The maximum atomic E-state index is 3.56. The molecule has 5 heavy (non-hydrogen) atoms. The van der Waals surface area contributed by atoms with Crippen LogP contribution in [0.15, 0.2) is 12.7 Å². The second kappa shape index (κ2) is 4.89. The Labute approximate surface area is 48.6 Å². The quantitative estimate of drug-likeness (QED) is 0.447. The first-order valence-electron chi connectivity index (χ1n) is 1.51. The number of hydrogen-bond donors (Lipinski definition) is 0. The Bertz CT molecular complexity index is 28.1. The Hall–Kier alpha value is 0.889. The molecular weight excluding hydrogens is 187 g/mol. The summed E-state index contributed by atoms with van der Waals surface area (Å²) in [6, 6.07) is 0. The fourth-order valence-corrected chi connectivity index (χ4v) is 2.37. The molecule has 0 N–H and O–H groups in total. The first-order valence-corrected chi connectivity index (χ1v) is 9.90. The predicted molar refractivity (Wildman–Crippen MR) is 32.6 cm³/mol. The zero-order chi connectivity index (χ0) is 4.12. The van der Waals surface area contributed by atoms with E-state index in [1.807, 2.05) is 15.0 Å². The SMILES string of the molecule is C=CC[S][SnH3]. The van der Waals surface area contributed by atoms with E-state index in [0.717, 1.165) is 26.9 Å². The number of hydrogen-bond acceptors (Lipinski definition) is 1. The van der Waals surface area contributed by atoms with Crippen molar-refractivity contribution in [1.29, 1.82) is 0 Å². The van der Waals surface area contributed by atoms with Crippen molar-refractivity contribution in [3.05, 3.63) is 12.7 Å². The minimum atomic E-state index is 0.828. The van der Waals surface area contributed by atoms with Gasteiger partial charge < -0.3 is 0 Å². The molecule has 0 aromatic rings. The van der Waals surface area contributed by atoms with Gasteiger partial charge >= 0.3 is 48.5 Å². The molecule has 30 valence electrons. The molecule has 0 aliphatic carbocycles. The van der Waals surface area contributed by atoms with Gasteiger partial charge in [0.25, 0.3) is 0 Å². The molecule has 0 heterocycles. The molecule has 0 bridgehead atoms. The van der Waals surface area contributed by atoms with Crippen LogP contribution in [0.3, 0.4) is 0 Å². The van der Waals surface area contributed by atoms with Crippen LogP contribution in [0, 0.1) is 0 Å². The van der Waals surface area contributed by atoms with Crippen molar-refractivity contribution in [2.75, 3.05) is 5.75 Å². The van der Waals surface area contributed by atoms with Crippen LogP contribution < -0.4 is 0 Å². The third-order valence-corrected chi connectivity index (χ3v) is 3.71. The third kappa shape index (κ3) is 4.89. The van der Waals surface area contributed by atoms with Crippen LogP contribution in [0.1, 0.15) is 0 Å². The van der Waals surface area contributed by atoms with Crippen molar-refractivity contribution >= 4 is 30.1 Å². The van der Waals surface area contributed by atoms with Crippen LogP contribution in [0.25, 0.3) is 0 Å². The first kappa shape index (κ1) is 5.89. The average Bonchev–Trinajstić information content (AvgIpc) is 1.41. The van der Waals surface area contributed by atoms with Gasteiger partial charge in [-0.2, -0.15) is 0 Å². The summed E-state index contributed by atoms with van der Waals surface area (Å²) in [5.74, 6) is 1.16. The van der Waals surface area contributed by atoms with Crippen molar-refractivity contribution in [1.82, 2.24) is 0 Å². The summed E-state index contributed by atoms with van der Waals surface area (Å²) in [5.41, 5.74) is 0. The van der Waals surface area contributed by atoms with E-state index in [1.54, 1.807) is 0 Å². The fraction of sp³-hybridized carbons (Fsp3) is 0.333. The molecule has 0 atom stereocenters. The Morgan fingerprint density at radius 2 is 2.60 bits per heavy atom. The Morgan fingerprint density at radius 1 is 2.00 bits per heavy atom. The molecule has 0 fully saturated rings. The molecule has 0 saturated heterocycles. The Balaban J connectivity index is 2.40. The summed E-state index contributed by atoms with van der Waals surface area (Å²) in [7, 11) is 1.99. The maximum absolute atomic E-state index is 3.56. The summed E-state index contributed by atoms with van der Waals surface area (Å²) in [6.07, 6.45) is 1.95. The second-order valence-electron chi connectivity index (χ2n) is 0.744. The summed E-state index contributed by atoms with van der Waals surface area (Å²) in [5, 5.41) is 0. The molecule has 0 amide bonds. The van der Waals surface area contributed by atoms with Gasteiger partial charge in [0.15, 0.2) is 0 Å². The van der Waals surface area contributed by atoms with Crippen LogP contribution in [0.4, 0.5) is 0 Å². The van der Waals surface area contributed by atoms with Crippen LogP contribution in [0.5, 0.6) is 0 Å². The van der Waals surface area contributed by atoms with Crippen LogP contribution in [0.2, 0.25) is 0 Å². The van der Waals surface area contributed by atoms with Gasteiger partial charge in [0.05, 0.1) is 0 Å². The monoisotopic (exact) mass is 196 g/mol. The van der Waals surface area contributed by atoms with Gasteiger partial charge in [0.1, 0.15) is 0 Å². The zero-order valence-electron chi connectivity index (χ0n) is 3.40. The van der Waals surface area contributed by atoms with E-state index in [-0.39, 0.29) is 0 Å². The molecule has 0 rings (SSSR count). The van der Waals surface area contributed by atoms with Gasteiger partial charge in [-0.25, -0.2) is 0 Å². The number of rotatable bonds is 2. The summed E-state index contributed by atoms with van der Waals surface area (Å²) in [4.78, 5) is 0. The van der Waals surface area contributed by atoms with E-state index in [2.05, 4.69) is 6.58 Å². The minimum absolute atomic E-state index is 0.828. The Morgan fingerprint density at radius 3 is 2.60 bits per heavy atom. The van der Waals surface area contributed by atoms with E-state index in [1.165, 1.54) is 0 Å². The van der Waals surface area contributed by atoms with Gasteiger partial charge in [-0.05, 0) is 0 Å². The zero-order valence-corrected chi connectivity index (χ0v) is 9.92. The third-order valence-electron chi connectivity index (χ3n) is 0.285. The normalized spacial score (nSPS) is 8.00. The van der Waals surface area contributed by atoms with E-state index in [4.69, 9.17) is 0 Å². The van der Waals surface area contributed by atoms with Crippen molar-refractivity contribution in [2.24, 2.45) is 0 Å². The van der Waals surface area contributed by atoms with Crippen molar-refractivity contribution in [3.8, 4) is 0 Å². The molecule has 0 unspecified atom stereocenters. The van der Waals surface area contributed by atoms with Crippen LogP contribution >= 0.6 is 8.95 Å². The average molecular weight is 195 g/mol. The molecule has 0 nitrogen and oxygen atoms in total. The van der Waals surface area contributed by atoms with E-state index >= 15 is 0 Å². The van der Waals surface area contributed by atoms with Gasteiger partial charge in [-0.1, -0.05) is 0 Å². The predicted octanol–water partition coefficient (Wildman–Crippen LogP) is 0.186. The summed E-state index contributed by atoms with van der Waals surface area (Å²) < 4.78 is 0. The van der Waals surface area contributed by atoms with E-state index in [9.17, 15) is 0 Å². The van der Waals surface area contributed by atoms with Gasteiger partial charge in [-0.15, -0.1) is 0 Å². The van der Waals surface area contributed by atoms with Crippen molar-refractivity contribution in [2.45, 2.75) is 0 Å². The molecule has 0 aliphatic heterocycles. The molecule has 0 aromatic carbocycles. The standard InChI is InChI=1S/C3H6S.Sn.3H/c1-2-3-4;;;;/h2,4H,1,3H2;;;;/q;+1;;;/p-1. The molecule has 0 aliphatic rings. The fourth-order valence-electron chi connectivity index (χ4n) is 0.118. The molecule has 2 heteroatoms. The topological polar surface area (TPSA) is 0 Å². The first-order chi connectivity index (χ1) is 2.41. The van der Waals surface area contributed by atoms with E-state index in [0.29, 0.717) is 0 Å². The van der Waals surface area contributed by atoms with E-state index < -0.39 is 0 Å². The molecule has 0 spiro atoms. The van der Waals surface area contributed by atoms with Crippen LogP contribution in [-0.4, -0.2) is 26.9 Å². The molecule has 0 saturated carbocycles. The van der Waals surface area contributed by atoms with Gasteiger partial charge in [0, 0.05) is 0 Å². The second-order valence-corrected chi connectivity index (χ2v) is 6.60. The summed E-state index contributed by atoms with van der Waals surface area (Å²) in [6.45, 7) is 3.56. The molecular formula is C3H8SSn. The summed E-state index contributed by atoms with van der Waals surface area (Å²) >= 11 is 0.828. The van der Waals surface area contributed by atoms with Gasteiger partial charge in [0.2, 0.25) is 0 Å². The van der Waals surface area contributed by atoms with Crippen molar-refractivity contribution in [3.63, 3.8) is 0 Å². The van der Waals surface area contributed by atoms with Crippen LogP contribution in [-0.2, 0) is 0 Å². The Kier molecular flexibility index (Phi) is 5.76. The van der Waals surface area contributed by atoms with Crippen molar-refractivity contribution < 1.29 is 0 Å². The van der Waals surface area contributed by atoms with Gasteiger partial charge in [-0.3, -0.25) is 0 Å².